The zero-order valence-electron chi connectivity index (χ0n) is 15.5. The number of hydrogen-bond donors (Lipinski definition) is 0. The highest BCUT2D eigenvalue weighted by Gasteiger charge is 2.14. The summed E-state index contributed by atoms with van der Waals surface area (Å²) in [6.07, 6.45) is 2.20. The molecule has 0 aliphatic carbocycles. The Balaban J connectivity index is 1.98. The van der Waals surface area contributed by atoms with Crippen molar-refractivity contribution < 1.29 is 4.39 Å². The van der Waals surface area contributed by atoms with Crippen LogP contribution in [-0.2, 0) is 0 Å². The first-order valence-corrected chi connectivity index (χ1v) is 9.51. The molecule has 27 heavy (non-hydrogen) atoms. The number of hydrogen-bond acceptors (Lipinski definition) is 4. The molecule has 1 heterocycles. The molecular weight excluding hydrogens is 363 g/mol. The van der Waals surface area contributed by atoms with E-state index in [2.05, 4.69) is 46.1 Å². The molecule has 140 valence electrons. The minimum absolute atomic E-state index is 0.0820. The van der Waals surface area contributed by atoms with E-state index in [1.165, 1.54) is 17.8 Å². The van der Waals surface area contributed by atoms with Gasteiger partial charge in [0.1, 0.15) is 17.2 Å². The highest BCUT2D eigenvalue weighted by atomic mass is 35.5. The summed E-state index contributed by atoms with van der Waals surface area (Å²) < 4.78 is 13.3. The third-order valence-corrected chi connectivity index (χ3v) is 4.43. The molecule has 6 heteroatoms. The Hall–Kier alpha value is -2.53. The standard InChI is InChI=1S/C21H22ClFN4/c1-3-13-27(14-4-2)18-11-7-15(8-12-18)19-20(25-26-21(22)24-19)16-5-9-17(23)10-6-16/h5-12H,3-4,13-14H2,1-2H3. The molecule has 0 fully saturated rings. The van der Waals surface area contributed by atoms with Crippen LogP contribution in [0.25, 0.3) is 22.5 Å². The van der Waals surface area contributed by atoms with Crippen molar-refractivity contribution in [2.75, 3.05) is 18.0 Å². The second-order valence-corrected chi connectivity index (χ2v) is 6.66. The first-order chi connectivity index (χ1) is 13.1. The average Bonchev–Trinajstić information content (AvgIpc) is 2.69. The van der Waals surface area contributed by atoms with E-state index in [4.69, 9.17) is 11.6 Å². The summed E-state index contributed by atoms with van der Waals surface area (Å²) in [5, 5.41) is 8.14. The van der Waals surface area contributed by atoms with Crippen LogP contribution in [0.5, 0.6) is 0 Å². The molecule has 0 amide bonds. The fourth-order valence-electron chi connectivity index (χ4n) is 3.05. The van der Waals surface area contributed by atoms with Crippen LogP contribution in [-0.4, -0.2) is 28.3 Å². The van der Waals surface area contributed by atoms with E-state index in [9.17, 15) is 4.39 Å². The van der Waals surface area contributed by atoms with E-state index in [1.54, 1.807) is 12.1 Å². The Bertz CT molecular complexity index is 876. The highest BCUT2D eigenvalue weighted by molar-refractivity contribution is 6.28. The molecule has 0 saturated heterocycles. The van der Waals surface area contributed by atoms with Crippen molar-refractivity contribution in [2.24, 2.45) is 0 Å². The van der Waals surface area contributed by atoms with Crippen LogP contribution in [0.3, 0.4) is 0 Å². The molecule has 0 N–H and O–H groups in total. The molecule has 0 aliphatic rings. The Kier molecular flexibility index (Phi) is 6.35. The largest absolute Gasteiger partial charge is 0.372 e. The average molecular weight is 385 g/mol. The molecular formula is C21H22ClFN4. The smallest absolute Gasteiger partial charge is 0.243 e. The Morgan fingerprint density at radius 1 is 0.815 bits per heavy atom. The summed E-state index contributed by atoms with van der Waals surface area (Å²) in [5.41, 5.74) is 4.02. The van der Waals surface area contributed by atoms with Gasteiger partial charge < -0.3 is 4.90 Å². The lowest BCUT2D eigenvalue weighted by Crippen LogP contribution is -2.24. The Morgan fingerprint density at radius 2 is 1.37 bits per heavy atom. The van der Waals surface area contributed by atoms with Crippen LogP contribution in [0, 0.1) is 5.82 Å². The monoisotopic (exact) mass is 384 g/mol. The second-order valence-electron chi connectivity index (χ2n) is 6.32. The van der Waals surface area contributed by atoms with E-state index in [-0.39, 0.29) is 11.1 Å². The van der Waals surface area contributed by atoms with Gasteiger partial charge in [0.15, 0.2) is 0 Å². The first-order valence-electron chi connectivity index (χ1n) is 9.14. The fourth-order valence-corrected chi connectivity index (χ4v) is 3.17. The Labute approximate surface area is 164 Å². The van der Waals surface area contributed by atoms with Gasteiger partial charge in [0.25, 0.3) is 0 Å². The number of halogens is 2. The van der Waals surface area contributed by atoms with Crippen LogP contribution in [0.4, 0.5) is 10.1 Å². The summed E-state index contributed by atoms with van der Waals surface area (Å²) in [4.78, 5) is 6.74. The maximum atomic E-state index is 13.3. The molecule has 0 unspecified atom stereocenters. The van der Waals surface area contributed by atoms with Gasteiger partial charge in [-0.25, -0.2) is 9.37 Å². The van der Waals surface area contributed by atoms with Gasteiger partial charge in [0.05, 0.1) is 0 Å². The third kappa shape index (κ3) is 4.61. The summed E-state index contributed by atoms with van der Waals surface area (Å²) in [7, 11) is 0. The molecule has 3 aromatic rings. The lowest BCUT2D eigenvalue weighted by Gasteiger charge is -2.24. The number of nitrogens with zero attached hydrogens (tertiary/aromatic N) is 4. The van der Waals surface area contributed by atoms with Gasteiger partial charge in [0.2, 0.25) is 5.28 Å². The van der Waals surface area contributed by atoms with Crippen molar-refractivity contribution in [1.29, 1.82) is 0 Å². The molecule has 1 aromatic heterocycles. The zero-order chi connectivity index (χ0) is 19.2. The molecule has 0 atom stereocenters. The van der Waals surface area contributed by atoms with Crippen molar-refractivity contribution in [3.63, 3.8) is 0 Å². The lowest BCUT2D eigenvalue weighted by atomic mass is 10.0. The molecule has 0 saturated carbocycles. The number of rotatable bonds is 7. The molecule has 0 spiro atoms. The van der Waals surface area contributed by atoms with Gasteiger partial charge in [-0.3, -0.25) is 0 Å². The normalized spacial score (nSPS) is 10.8. The number of aromatic nitrogens is 3. The molecule has 0 radical (unpaired) electrons. The fraction of sp³-hybridized carbons (Fsp3) is 0.286. The van der Waals surface area contributed by atoms with Crippen molar-refractivity contribution in [3.05, 3.63) is 59.6 Å². The van der Waals surface area contributed by atoms with Crippen molar-refractivity contribution >= 4 is 17.3 Å². The maximum Gasteiger partial charge on any atom is 0.243 e. The van der Waals surface area contributed by atoms with Crippen LogP contribution >= 0.6 is 11.6 Å². The van der Waals surface area contributed by atoms with Gasteiger partial charge in [-0.05, 0) is 60.8 Å². The zero-order valence-corrected chi connectivity index (χ0v) is 16.2. The predicted octanol–water partition coefficient (Wildman–Crippen LogP) is 5.62. The number of anilines is 1. The minimum atomic E-state index is -0.300. The molecule has 0 aliphatic heterocycles. The molecule has 2 aromatic carbocycles. The maximum absolute atomic E-state index is 13.3. The summed E-state index contributed by atoms with van der Waals surface area (Å²) >= 11 is 5.99. The number of benzene rings is 2. The van der Waals surface area contributed by atoms with E-state index in [0.29, 0.717) is 11.4 Å². The van der Waals surface area contributed by atoms with Crippen molar-refractivity contribution in [3.8, 4) is 22.5 Å². The minimum Gasteiger partial charge on any atom is -0.372 e. The van der Waals surface area contributed by atoms with Crippen molar-refractivity contribution in [1.82, 2.24) is 15.2 Å². The van der Waals surface area contributed by atoms with E-state index in [1.807, 2.05) is 12.1 Å². The van der Waals surface area contributed by atoms with E-state index < -0.39 is 0 Å². The summed E-state index contributed by atoms with van der Waals surface area (Å²) in [6.45, 7) is 6.41. The molecule has 3 rings (SSSR count). The van der Waals surface area contributed by atoms with Gasteiger partial charge in [0, 0.05) is 29.9 Å². The van der Waals surface area contributed by atoms with Gasteiger partial charge >= 0.3 is 0 Å². The predicted molar refractivity (Wildman–Crippen MR) is 108 cm³/mol. The summed E-state index contributed by atoms with van der Waals surface area (Å²) in [6, 6.07) is 14.3. The molecule has 4 nitrogen and oxygen atoms in total. The topological polar surface area (TPSA) is 41.9 Å². The van der Waals surface area contributed by atoms with E-state index >= 15 is 0 Å². The van der Waals surface area contributed by atoms with Crippen LogP contribution < -0.4 is 4.90 Å². The SMILES string of the molecule is CCCN(CCC)c1ccc(-c2nc(Cl)nnc2-c2ccc(F)cc2)cc1. The highest BCUT2D eigenvalue weighted by Crippen LogP contribution is 2.30. The van der Waals surface area contributed by atoms with Gasteiger partial charge in [-0.1, -0.05) is 26.0 Å². The molecule has 0 bridgehead atoms. The van der Waals surface area contributed by atoms with Crippen LogP contribution in [0.2, 0.25) is 5.28 Å². The van der Waals surface area contributed by atoms with Crippen LogP contribution in [0.15, 0.2) is 48.5 Å². The summed E-state index contributed by atoms with van der Waals surface area (Å²) in [5.74, 6) is -0.300. The third-order valence-electron chi connectivity index (χ3n) is 4.27. The van der Waals surface area contributed by atoms with Gasteiger partial charge in [-0.2, -0.15) is 0 Å². The second kappa shape index (κ2) is 8.91. The quantitative estimate of drug-likeness (QED) is 0.529. The van der Waals surface area contributed by atoms with Gasteiger partial charge in [-0.15, -0.1) is 10.2 Å². The van der Waals surface area contributed by atoms with Crippen molar-refractivity contribution in [2.45, 2.75) is 26.7 Å². The van der Waals surface area contributed by atoms with E-state index in [0.717, 1.165) is 37.1 Å². The first kappa shape index (κ1) is 19.2. The van der Waals surface area contributed by atoms with Crippen LogP contribution in [0.1, 0.15) is 26.7 Å². The lowest BCUT2D eigenvalue weighted by molar-refractivity contribution is 0.628. The Morgan fingerprint density at radius 3 is 1.96 bits per heavy atom.